The maximum atomic E-state index is 3.71. The average molecular weight is 257 g/mol. The molecule has 0 bridgehead atoms. The predicted octanol–water partition coefficient (Wildman–Crippen LogP) is 4.13. The molecule has 2 fully saturated rings. The number of hydrogen-bond donors (Lipinski definition) is 1. The molecular formula is C18H27N. The molecule has 1 aromatic rings. The second-order valence-corrected chi connectivity index (χ2v) is 6.97. The first-order valence-corrected chi connectivity index (χ1v) is 8.04. The lowest BCUT2D eigenvalue weighted by Gasteiger charge is -2.37. The van der Waals surface area contributed by atoms with Gasteiger partial charge in [0, 0.05) is 6.04 Å². The third kappa shape index (κ3) is 3.39. The normalized spacial score (nSPS) is 26.5. The van der Waals surface area contributed by atoms with Gasteiger partial charge in [0.2, 0.25) is 0 Å². The average Bonchev–Trinajstić information content (AvgIpc) is 3.11. The molecule has 104 valence electrons. The first kappa shape index (κ1) is 13.2. The van der Waals surface area contributed by atoms with E-state index in [0.717, 1.165) is 23.8 Å². The van der Waals surface area contributed by atoms with E-state index in [1.807, 2.05) is 0 Å². The molecule has 0 aromatic heterocycles. The highest BCUT2D eigenvalue weighted by atomic mass is 14.9. The van der Waals surface area contributed by atoms with Gasteiger partial charge in [-0.1, -0.05) is 38.1 Å². The Bertz CT molecular complexity index is 419. The fourth-order valence-corrected chi connectivity index (χ4v) is 3.28. The van der Waals surface area contributed by atoms with Crippen LogP contribution in [0.1, 0.15) is 56.6 Å². The molecular weight excluding hydrogens is 230 g/mol. The molecule has 0 radical (unpaired) electrons. The summed E-state index contributed by atoms with van der Waals surface area (Å²) in [4.78, 5) is 0. The highest BCUT2D eigenvalue weighted by Gasteiger charge is 2.33. The summed E-state index contributed by atoms with van der Waals surface area (Å²) in [5.41, 5.74) is 3.11. The molecule has 2 aliphatic rings. The van der Waals surface area contributed by atoms with E-state index in [1.54, 1.807) is 5.56 Å². The smallest absolute Gasteiger partial charge is 0.00683 e. The van der Waals surface area contributed by atoms with Gasteiger partial charge < -0.3 is 5.32 Å². The van der Waals surface area contributed by atoms with Gasteiger partial charge >= 0.3 is 0 Å². The maximum Gasteiger partial charge on any atom is 0.00683 e. The molecule has 3 rings (SSSR count). The van der Waals surface area contributed by atoms with Gasteiger partial charge in [0.25, 0.3) is 0 Å². The Morgan fingerprint density at radius 1 is 1.16 bits per heavy atom. The lowest BCUT2D eigenvalue weighted by atomic mass is 9.69. The zero-order valence-corrected chi connectivity index (χ0v) is 12.4. The Hall–Kier alpha value is -0.820. The van der Waals surface area contributed by atoms with Crippen LogP contribution in [0.25, 0.3) is 0 Å². The first-order chi connectivity index (χ1) is 9.22. The fraction of sp³-hybridized carbons (Fsp3) is 0.667. The molecule has 0 heterocycles. The van der Waals surface area contributed by atoms with E-state index in [0.29, 0.717) is 0 Å². The SMILES string of the molecule is CC(C)Cc1cccc(C2CCC2CNC2CC2)c1. The van der Waals surface area contributed by atoms with Crippen LogP contribution >= 0.6 is 0 Å². The van der Waals surface area contributed by atoms with Gasteiger partial charge in [0.15, 0.2) is 0 Å². The van der Waals surface area contributed by atoms with Crippen molar-refractivity contribution >= 4 is 0 Å². The minimum absolute atomic E-state index is 0.754. The van der Waals surface area contributed by atoms with Crippen molar-refractivity contribution < 1.29 is 0 Å². The molecule has 1 nitrogen and oxygen atoms in total. The van der Waals surface area contributed by atoms with E-state index in [-0.39, 0.29) is 0 Å². The third-order valence-corrected chi connectivity index (χ3v) is 4.69. The quantitative estimate of drug-likeness (QED) is 0.808. The van der Waals surface area contributed by atoms with Crippen molar-refractivity contribution in [1.29, 1.82) is 0 Å². The van der Waals surface area contributed by atoms with Crippen LogP contribution in [0.3, 0.4) is 0 Å². The molecule has 19 heavy (non-hydrogen) atoms. The second-order valence-electron chi connectivity index (χ2n) is 6.97. The Balaban J connectivity index is 1.60. The zero-order valence-electron chi connectivity index (χ0n) is 12.4. The van der Waals surface area contributed by atoms with Crippen LogP contribution in [0.15, 0.2) is 24.3 Å². The molecule has 2 saturated carbocycles. The van der Waals surface area contributed by atoms with Crippen molar-refractivity contribution in [2.45, 2.75) is 57.9 Å². The zero-order chi connectivity index (χ0) is 13.2. The van der Waals surface area contributed by atoms with Crippen LogP contribution in [-0.4, -0.2) is 12.6 Å². The minimum atomic E-state index is 0.754. The van der Waals surface area contributed by atoms with Crippen LogP contribution in [0.5, 0.6) is 0 Å². The lowest BCUT2D eigenvalue weighted by molar-refractivity contribution is 0.245. The summed E-state index contributed by atoms with van der Waals surface area (Å²) >= 11 is 0. The van der Waals surface area contributed by atoms with E-state index in [2.05, 4.69) is 43.4 Å². The molecule has 2 unspecified atom stereocenters. The van der Waals surface area contributed by atoms with Crippen molar-refractivity contribution in [2.75, 3.05) is 6.54 Å². The molecule has 2 aliphatic carbocycles. The first-order valence-electron chi connectivity index (χ1n) is 8.04. The standard InChI is InChI=1S/C18H27N/c1-13(2)10-14-4-3-5-15(11-14)18-9-6-16(18)12-19-17-7-8-17/h3-5,11,13,16-19H,6-10,12H2,1-2H3. The van der Waals surface area contributed by atoms with Crippen molar-refractivity contribution in [3.05, 3.63) is 35.4 Å². The van der Waals surface area contributed by atoms with E-state index >= 15 is 0 Å². The number of benzene rings is 1. The number of nitrogens with one attached hydrogen (secondary N) is 1. The summed E-state index contributed by atoms with van der Waals surface area (Å²) in [5.74, 6) is 2.46. The van der Waals surface area contributed by atoms with Gasteiger partial charge in [0.1, 0.15) is 0 Å². The molecule has 1 heteroatoms. The molecule has 1 aromatic carbocycles. The van der Waals surface area contributed by atoms with Gasteiger partial charge in [-0.3, -0.25) is 0 Å². The van der Waals surface area contributed by atoms with Gasteiger partial charge in [-0.05, 0) is 67.5 Å². The maximum absolute atomic E-state index is 3.71. The van der Waals surface area contributed by atoms with Crippen molar-refractivity contribution in [3.8, 4) is 0 Å². The van der Waals surface area contributed by atoms with Gasteiger partial charge in [-0.2, -0.15) is 0 Å². The Labute approximate surface area is 117 Å². The summed E-state index contributed by atoms with van der Waals surface area (Å²) in [5, 5.41) is 3.71. The summed E-state index contributed by atoms with van der Waals surface area (Å²) in [6.07, 6.45) is 6.83. The van der Waals surface area contributed by atoms with E-state index in [4.69, 9.17) is 0 Å². The van der Waals surface area contributed by atoms with E-state index in [1.165, 1.54) is 44.2 Å². The monoisotopic (exact) mass is 257 g/mol. The highest BCUT2D eigenvalue weighted by Crippen LogP contribution is 2.42. The molecule has 0 amide bonds. The van der Waals surface area contributed by atoms with E-state index in [9.17, 15) is 0 Å². The molecule has 0 saturated heterocycles. The largest absolute Gasteiger partial charge is 0.314 e. The minimum Gasteiger partial charge on any atom is -0.314 e. The molecule has 2 atom stereocenters. The number of hydrogen-bond acceptors (Lipinski definition) is 1. The van der Waals surface area contributed by atoms with Crippen LogP contribution < -0.4 is 5.32 Å². The van der Waals surface area contributed by atoms with Gasteiger partial charge in [0.05, 0.1) is 0 Å². The third-order valence-electron chi connectivity index (χ3n) is 4.69. The van der Waals surface area contributed by atoms with Crippen LogP contribution in [0, 0.1) is 11.8 Å². The summed E-state index contributed by atoms with van der Waals surface area (Å²) in [6.45, 7) is 5.85. The number of rotatable bonds is 6. The fourth-order valence-electron chi connectivity index (χ4n) is 3.28. The van der Waals surface area contributed by atoms with Crippen molar-refractivity contribution in [1.82, 2.24) is 5.32 Å². The van der Waals surface area contributed by atoms with E-state index < -0.39 is 0 Å². The molecule has 0 spiro atoms. The Kier molecular flexibility index (Phi) is 3.93. The Morgan fingerprint density at radius 3 is 2.63 bits per heavy atom. The second kappa shape index (κ2) is 5.66. The molecule has 0 aliphatic heterocycles. The predicted molar refractivity (Wildman–Crippen MR) is 81.5 cm³/mol. The molecule has 1 N–H and O–H groups in total. The van der Waals surface area contributed by atoms with Crippen LogP contribution in [-0.2, 0) is 6.42 Å². The summed E-state index contributed by atoms with van der Waals surface area (Å²) in [7, 11) is 0. The summed E-state index contributed by atoms with van der Waals surface area (Å²) < 4.78 is 0. The van der Waals surface area contributed by atoms with Crippen LogP contribution in [0.2, 0.25) is 0 Å². The highest BCUT2D eigenvalue weighted by molar-refractivity contribution is 5.29. The van der Waals surface area contributed by atoms with Gasteiger partial charge in [-0.15, -0.1) is 0 Å². The topological polar surface area (TPSA) is 12.0 Å². The lowest BCUT2D eigenvalue weighted by Crippen LogP contribution is -2.34. The Morgan fingerprint density at radius 2 is 2.00 bits per heavy atom. The van der Waals surface area contributed by atoms with Crippen molar-refractivity contribution in [2.24, 2.45) is 11.8 Å². The van der Waals surface area contributed by atoms with Crippen LogP contribution in [0.4, 0.5) is 0 Å². The van der Waals surface area contributed by atoms with Gasteiger partial charge in [-0.25, -0.2) is 0 Å². The van der Waals surface area contributed by atoms with Crippen molar-refractivity contribution in [3.63, 3.8) is 0 Å². The summed E-state index contributed by atoms with van der Waals surface area (Å²) in [6, 6.07) is 10.2.